The topological polar surface area (TPSA) is 78.1 Å². The van der Waals surface area contributed by atoms with Crippen LogP contribution in [0.4, 0.5) is 0 Å². The van der Waals surface area contributed by atoms with Gasteiger partial charge in [-0.3, -0.25) is 4.79 Å². The van der Waals surface area contributed by atoms with Crippen LogP contribution in [0.3, 0.4) is 0 Å². The molecule has 4 aromatic rings. The molecule has 0 aliphatic rings. The molecule has 0 saturated heterocycles. The fourth-order valence-corrected chi connectivity index (χ4v) is 3.26. The van der Waals surface area contributed by atoms with Crippen molar-refractivity contribution < 1.29 is 23.7 Å². The Morgan fingerprint density at radius 1 is 0.821 bits per heavy atom. The number of hydrogen-bond acceptors (Lipinski definition) is 6. The maximum atomic E-state index is 12.9. The molecule has 4 rings (SSSR count). The Labute approximate surface area is 160 Å². The Hall–Kier alpha value is -3.67. The van der Waals surface area contributed by atoms with Crippen molar-refractivity contribution in [2.75, 3.05) is 21.3 Å². The highest BCUT2D eigenvalue weighted by Gasteiger charge is 2.16. The number of methoxy groups -OCH3 is 3. The van der Waals surface area contributed by atoms with Gasteiger partial charge in [0.1, 0.15) is 39.6 Å². The standard InChI is InChI=1S/C22H18O6/c1-25-13-5-7-18-16(10-13)22(24)21-17(23)8-12(9-20(21)28-18)15-6-4-14(26-2)11-19(15)27-3/h4-11,23H,1-3H3. The fraction of sp³-hybridized carbons (Fsp3) is 0.136. The summed E-state index contributed by atoms with van der Waals surface area (Å²) in [6.07, 6.45) is 0. The lowest BCUT2D eigenvalue weighted by molar-refractivity contribution is 0.395. The Kier molecular flexibility index (Phi) is 4.31. The number of ether oxygens (including phenoxy) is 3. The molecule has 0 amide bonds. The van der Waals surface area contributed by atoms with Crippen molar-refractivity contribution in [3.63, 3.8) is 0 Å². The Morgan fingerprint density at radius 3 is 2.25 bits per heavy atom. The number of hydrogen-bond donors (Lipinski definition) is 1. The molecule has 28 heavy (non-hydrogen) atoms. The van der Waals surface area contributed by atoms with E-state index in [1.165, 1.54) is 13.2 Å². The third kappa shape index (κ3) is 2.79. The average molecular weight is 378 g/mol. The minimum atomic E-state index is -0.319. The molecular formula is C22H18O6. The summed E-state index contributed by atoms with van der Waals surface area (Å²) in [4.78, 5) is 12.9. The summed E-state index contributed by atoms with van der Waals surface area (Å²) in [6, 6.07) is 13.6. The van der Waals surface area contributed by atoms with Crippen LogP contribution < -0.4 is 19.6 Å². The van der Waals surface area contributed by atoms with Gasteiger partial charge in [0.2, 0.25) is 5.43 Å². The predicted molar refractivity (Wildman–Crippen MR) is 107 cm³/mol. The summed E-state index contributed by atoms with van der Waals surface area (Å²) < 4.78 is 21.8. The van der Waals surface area contributed by atoms with Crippen LogP contribution in [-0.2, 0) is 0 Å². The number of phenols is 1. The third-order valence-corrected chi connectivity index (χ3v) is 4.68. The van der Waals surface area contributed by atoms with E-state index in [1.807, 2.05) is 6.07 Å². The van der Waals surface area contributed by atoms with Crippen LogP contribution in [0, 0.1) is 0 Å². The highest BCUT2D eigenvalue weighted by atomic mass is 16.5. The minimum absolute atomic E-state index is 0.122. The molecule has 0 aliphatic carbocycles. The molecule has 0 aliphatic heterocycles. The van der Waals surface area contributed by atoms with Crippen LogP contribution in [0.2, 0.25) is 0 Å². The van der Waals surface area contributed by atoms with Gasteiger partial charge >= 0.3 is 0 Å². The molecule has 0 bridgehead atoms. The first kappa shape index (κ1) is 17.7. The molecule has 6 nitrogen and oxygen atoms in total. The smallest absolute Gasteiger partial charge is 0.204 e. The van der Waals surface area contributed by atoms with Gasteiger partial charge in [-0.2, -0.15) is 0 Å². The first-order chi connectivity index (χ1) is 13.5. The second-order valence-electron chi connectivity index (χ2n) is 6.23. The van der Waals surface area contributed by atoms with E-state index in [0.717, 1.165) is 5.56 Å². The monoisotopic (exact) mass is 378 g/mol. The van der Waals surface area contributed by atoms with Gasteiger partial charge in [0.15, 0.2) is 0 Å². The fourth-order valence-electron chi connectivity index (χ4n) is 3.26. The molecule has 6 heteroatoms. The van der Waals surface area contributed by atoms with E-state index in [1.54, 1.807) is 50.6 Å². The molecule has 0 fully saturated rings. The zero-order valence-corrected chi connectivity index (χ0v) is 15.6. The van der Waals surface area contributed by atoms with Gasteiger partial charge in [-0.1, -0.05) is 0 Å². The van der Waals surface area contributed by atoms with Crippen LogP contribution in [0.1, 0.15) is 0 Å². The van der Waals surface area contributed by atoms with E-state index in [2.05, 4.69) is 0 Å². The Morgan fingerprint density at radius 2 is 1.54 bits per heavy atom. The van der Waals surface area contributed by atoms with Crippen molar-refractivity contribution in [3.05, 3.63) is 58.8 Å². The summed E-state index contributed by atoms with van der Waals surface area (Å²) in [6.45, 7) is 0. The van der Waals surface area contributed by atoms with E-state index in [-0.39, 0.29) is 22.1 Å². The zero-order chi connectivity index (χ0) is 19.8. The van der Waals surface area contributed by atoms with E-state index in [4.69, 9.17) is 18.6 Å². The lowest BCUT2D eigenvalue weighted by atomic mass is 10.0. The number of phenolic OH excluding ortho intramolecular Hbond substituents is 1. The van der Waals surface area contributed by atoms with E-state index >= 15 is 0 Å². The van der Waals surface area contributed by atoms with Crippen LogP contribution in [0.5, 0.6) is 23.0 Å². The molecule has 0 saturated carbocycles. The van der Waals surface area contributed by atoms with Crippen LogP contribution in [0.25, 0.3) is 33.1 Å². The largest absolute Gasteiger partial charge is 0.507 e. The van der Waals surface area contributed by atoms with Crippen molar-refractivity contribution in [3.8, 4) is 34.1 Å². The number of benzene rings is 3. The SMILES string of the molecule is COc1ccc(-c2cc(O)c3c(=O)c4cc(OC)ccc4oc3c2)c(OC)c1. The number of rotatable bonds is 4. The molecule has 142 valence electrons. The normalized spacial score (nSPS) is 11.0. The minimum Gasteiger partial charge on any atom is -0.507 e. The maximum Gasteiger partial charge on any atom is 0.204 e. The van der Waals surface area contributed by atoms with Gasteiger partial charge in [0.05, 0.1) is 26.7 Å². The first-order valence-electron chi connectivity index (χ1n) is 8.55. The van der Waals surface area contributed by atoms with Crippen LogP contribution in [-0.4, -0.2) is 26.4 Å². The summed E-state index contributed by atoms with van der Waals surface area (Å²) >= 11 is 0. The lowest BCUT2D eigenvalue weighted by Crippen LogP contribution is -2.03. The number of fused-ring (bicyclic) bond motifs is 2. The zero-order valence-electron chi connectivity index (χ0n) is 15.6. The van der Waals surface area contributed by atoms with Gasteiger partial charge < -0.3 is 23.7 Å². The number of aromatic hydroxyl groups is 1. The summed E-state index contributed by atoms with van der Waals surface area (Å²) in [5, 5.41) is 11.1. The van der Waals surface area contributed by atoms with Crippen molar-refractivity contribution in [2.24, 2.45) is 0 Å². The van der Waals surface area contributed by atoms with Crippen LogP contribution in [0.15, 0.2) is 57.7 Å². The molecule has 0 radical (unpaired) electrons. The lowest BCUT2D eigenvalue weighted by Gasteiger charge is -2.12. The highest BCUT2D eigenvalue weighted by Crippen LogP contribution is 2.38. The summed E-state index contributed by atoms with van der Waals surface area (Å²) in [5.41, 5.74) is 1.77. The molecular weight excluding hydrogens is 360 g/mol. The van der Waals surface area contributed by atoms with E-state index < -0.39 is 0 Å². The van der Waals surface area contributed by atoms with Crippen molar-refractivity contribution >= 4 is 21.9 Å². The molecule has 1 aromatic heterocycles. The van der Waals surface area contributed by atoms with Crippen molar-refractivity contribution in [2.45, 2.75) is 0 Å². The molecule has 1 N–H and O–H groups in total. The quantitative estimate of drug-likeness (QED) is 0.532. The van der Waals surface area contributed by atoms with Gasteiger partial charge in [0.25, 0.3) is 0 Å². The summed E-state index contributed by atoms with van der Waals surface area (Å²) in [5.74, 6) is 1.60. The van der Waals surface area contributed by atoms with E-state index in [9.17, 15) is 9.90 Å². The van der Waals surface area contributed by atoms with E-state index in [0.29, 0.717) is 33.8 Å². The molecule has 0 atom stereocenters. The Bertz CT molecular complexity index is 1260. The molecule has 3 aromatic carbocycles. The Balaban J connectivity index is 1.99. The molecule has 0 spiro atoms. The van der Waals surface area contributed by atoms with Crippen molar-refractivity contribution in [1.29, 1.82) is 0 Å². The second kappa shape index (κ2) is 6.81. The average Bonchev–Trinajstić information content (AvgIpc) is 2.72. The van der Waals surface area contributed by atoms with Crippen molar-refractivity contribution in [1.82, 2.24) is 0 Å². The van der Waals surface area contributed by atoms with Crippen LogP contribution >= 0.6 is 0 Å². The molecule has 1 heterocycles. The molecule has 0 unspecified atom stereocenters. The predicted octanol–water partition coefficient (Wildman–Crippen LogP) is 4.34. The maximum absolute atomic E-state index is 12.9. The third-order valence-electron chi connectivity index (χ3n) is 4.68. The van der Waals surface area contributed by atoms with Gasteiger partial charge in [0, 0.05) is 11.6 Å². The van der Waals surface area contributed by atoms with Gasteiger partial charge in [-0.15, -0.1) is 0 Å². The van der Waals surface area contributed by atoms with Gasteiger partial charge in [-0.05, 0) is 48.0 Å². The van der Waals surface area contributed by atoms with Gasteiger partial charge in [-0.25, -0.2) is 0 Å². The highest BCUT2D eigenvalue weighted by molar-refractivity contribution is 5.96. The second-order valence-corrected chi connectivity index (χ2v) is 6.23. The summed E-state index contributed by atoms with van der Waals surface area (Å²) in [7, 11) is 4.65. The first-order valence-corrected chi connectivity index (χ1v) is 8.55.